The van der Waals surface area contributed by atoms with Crippen LogP contribution in [0.25, 0.3) is 0 Å². The Hall–Kier alpha value is -2.74. The van der Waals surface area contributed by atoms with Crippen LogP contribution in [0.2, 0.25) is 0 Å². The van der Waals surface area contributed by atoms with Gasteiger partial charge in [-0.15, -0.1) is 19.7 Å². The Morgan fingerprint density at radius 1 is 0.909 bits per heavy atom. The van der Waals surface area contributed by atoms with E-state index in [1.807, 2.05) is 30.5 Å². The lowest BCUT2D eigenvalue weighted by Crippen LogP contribution is -2.53. The number of allylic oxidation sites excluding steroid dienone is 3. The zero-order valence-corrected chi connectivity index (χ0v) is 22.5. The van der Waals surface area contributed by atoms with Gasteiger partial charge in [0.25, 0.3) is 0 Å². The molecule has 0 aromatic heterocycles. The summed E-state index contributed by atoms with van der Waals surface area (Å²) in [6, 6.07) is 4.54. The summed E-state index contributed by atoms with van der Waals surface area (Å²) in [5, 5.41) is 7.32. The van der Waals surface area contributed by atoms with Crippen LogP contribution in [-0.4, -0.2) is 5.54 Å². The van der Waals surface area contributed by atoms with Crippen LogP contribution in [0, 0.1) is 25.2 Å². The molecule has 1 unspecified atom stereocenters. The Kier molecular flexibility index (Phi) is 9.36. The van der Waals surface area contributed by atoms with E-state index in [1.165, 1.54) is 16.7 Å². The third kappa shape index (κ3) is 6.19. The highest BCUT2D eigenvalue weighted by atomic mass is 15.0. The largest absolute Gasteiger partial charge is 0.374 e. The second-order valence-corrected chi connectivity index (χ2v) is 10.6. The Bertz CT molecular complexity index is 919. The van der Waals surface area contributed by atoms with Gasteiger partial charge in [0.05, 0.1) is 5.54 Å². The summed E-state index contributed by atoms with van der Waals surface area (Å²) < 4.78 is 0. The zero-order chi connectivity index (χ0) is 25.6. The van der Waals surface area contributed by atoms with Crippen molar-refractivity contribution < 1.29 is 0 Å². The molecule has 180 valence electrons. The van der Waals surface area contributed by atoms with E-state index in [-0.39, 0.29) is 11.3 Å². The van der Waals surface area contributed by atoms with Crippen molar-refractivity contribution in [1.29, 1.82) is 0 Å². The molecular weight excluding hydrogens is 400 g/mol. The first-order chi connectivity index (χ1) is 15.2. The van der Waals surface area contributed by atoms with Crippen LogP contribution in [-0.2, 0) is 5.41 Å². The van der Waals surface area contributed by atoms with Gasteiger partial charge in [-0.2, -0.15) is 0 Å². The fourth-order valence-electron chi connectivity index (χ4n) is 4.03. The molecule has 1 aromatic rings. The molecule has 0 amide bonds. The highest BCUT2D eigenvalue weighted by Crippen LogP contribution is 2.38. The van der Waals surface area contributed by atoms with Crippen LogP contribution in [0.1, 0.15) is 65.2 Å². The average molecular weight is 447 g/mol. The molecular formula is C31H46N2. The molecule has 0 saturated heterocycles. The van der Waals surface area contributed by atoms with Gasteiger partial charge < -0.3 is 10.6 Å². The van der Waals surface area contributed by atoms with Gasteiger partial charge in [0, 0.05) is 16.8 Å². The van der Waals surface area contributed by atoms with E-state index in [0.29, 0.717) is 0 Å². The predicted octanol–water partition coefficient (Wildman–Crippen LogP) is 8.54. The summed E-state index contributed by atoms with van der Waals surface area (Å²) in [5.41, 5.74) is 6.14. The van der Waals surface area contributed by atoms with Crippen molar-refractivity contribution in [2.75, 3.05) is 5.32 Å². The lowest BCUT2D eigenvalue weighted by Gasteiger charge is -2.44. The summed E-state index contributed by atoms with van der Waals surface area (Å²) in [6.07, 6.45) is 11.8. The molecule has 1 atom stereocenters. The lowest BCUT2D eigenvalue weighted by atomic mass is 9.70. The molecule has 1 aromatic carbocycles. The summed E-state index contributed by atoms with van der Waals surface area (Å²) >= 11 is 0. The number of nitrogens with one attached hydrogen (secondary N) is 2. The summed E-state index contributed by atoms with van der Waals surface area (Å²) in [6.45, 7) is 36.0. The van der Waals surface area contributed by atoms with Crippen molar-refractivity contribution in [2.24, 2.45) is 11.3 Å². The first kappa shape index (κ1) is 28.3. The van der Waals surface area contributed by atoms with Gasteiger partial charge in [-0.25, -0.2) is 0 Å². The lowest BCUT2D eigenvalue weighted by molar-refractivity contribution is 0.329. The summed E-state index contributed by atoms with van der Waals surface area (Å²) in [7, 11) is 0. The molecule has 0 aliphatic heterocycles. The minimum absolute atomic E-state index is 0.115. The Morgan fingerprint density at radius 2 is 1.42 bits per heavy atom. The SMILES string of the molecule is C=C/C(C)=C(/NC(C=C)(/C=C/Nc1c(C)cc(C(C)(C)C)cc1C)C(C)(C=C)C=C)C(C)C. The predicted molar refractivity (Wildman–Crippen MR) is 150 cm³/mol. The molecule has 2 nitrogen and oxygen atoms in total. The van der Waals surface area contributed by atoms with Gasteiger partial charge in [0.2, 0.25) is 0 Å². The normalized spacial score (nSPS) is 15.0. The fourth-order valence-corrected chi connectivity index (χ4v) is 4.03. The molecule has 0 bridgehead atoms. The smallest absolute Gasteiger partial charge is 0.0875 e. The van der Waals surface area contributed by atoms with Gasteiger partial charge in [-0.05, 0) is 73.6 Å². The van der Waals surface area contributed by atoms with Crippen molar-refractivity contribution >= 4 is 5.69 Å². The third-order valence-electron chi connectivity index (χ3n) is 6.68. The van der Waals surface area contributed by atoms with E-state index in [4.69, 9.17) is 0 Å². The van der Waals surface area contributed by atoms with Crippen molar-refractivity contribution in [1.82, 2.24) is 5.32 Å². The molecule has 0 fully saturated rings. The van der Waals surface area contributed by atoms with Crippen LogP contribution < -0.4 is 10.6 Å². The number of benzene rings is 1. The summed E-state index contributed by atoms with van der Waals surface area (Å²) in [4.78, 5) is 0. The van der Waals surface area contributed by atoms with Crippen LogP contribution in [0.5, 0.6) is 0 Å². The van der Waals surface area contributed by atoms with Crippen molar-refractivity contribution in [3.05, 3.63) is 103 Å². The standard InChI is InChI=1S/C31H46N2/c1-14-23(7)27(22(5)6)33-31(17-4,30(13,15-2)16-3)18-19-32-28-24(8)20-26(21-25(28)9)29(10,11)12/h14-22,32-33H,1-4H2,5-13H3/b19-18+,27-23+. The number of aryl methyl sites for hydroxylation is 2. The fraction of sp³-hybridized carbons (Fsp3) is 0.419. The quantitative estimate of drug-likeness (QED) is 0.263. The molecule has 0 aliphatic rings. The zero-order valence-electron chi connectivity index (χ0n) is 22.5. The number of hydrogen-bond acceptors (Lipinski definition) is 2. The minimum Gasteiger partial charge on any atom is -0.374 e. The maximum absolute atomic E-state index is 4.21. The molecule has 0 spiro atoms. The molecule has 2 N–H and O–H groups in total. The highest BCUT2D eigenvalue weighted by molar-refractivity contribution is 5.60. The van der Waals surface area contributed by atoms with Crippen LogP contribution in [0.15, 0.2) is 86.3 Å². The van der Waals surface area contributed by atoms with Gasteiger partial charge in [0.1, 0.15) is 0 Å². The number of anilines is 1. The monoisotopic (exact) mass is 446 g/mol. The van der Waals surface area contributed by atoms with E-state index in [2.05, 4.69) is 117 Å². The molecule has 0 saturated carbocycles. The maximum atomic E-state index is 4.21. The van der Waals surface area contributed by atoms with Crippen molar-refractivity contribution in [3.63, 3.8) is 0 Å². The van der Waals surface area contributed by atoms with Crippen molar-refractivity contribution in [2.45, 2.75) is 73.3 Å². The van der Waals surface area contributed by atoms with E-state index >= 15 is 0 Å². The van der Waals surface area contributed by atoms with E-state index in [1.54, 1.807) is 0 Å². The number of hydrogen-bond donors (Lipinski definition) is 2. The van der Waals surface area contributed by atoms with Crippen molar-refractivity contribution in [3.8, 4) is 0 Å². The topological polar surface area (TPSA) is 24.1 Å². The van der Waals surface area contributed by atoms with Crippen LogP contribution in [0.3, 0.4) is 0 Å². The van der Waals surface area contributed by atoms with Gasteiger partial charge in [-0.3, -0.25) is 0 Å². The Balaban J connectivity index is 3.55. The van der Waals surface area contributed by atoms with E-state index < -0.39 is 11.0 Å². The Morgan fingerprint density at radius 3 is 1.79 bits per heavy atom. The maximum Gasteiger partial charge on any atom is 0.0875 e. The van der Waals surface area contributed by atoms with Crippen LogP contribution in [0.4, 0.5) is 5.69 Å². The highest BCUT2D eigenvalue weighted by Gasteiger charge is 2.41. The van der Waals surface area contributed by atoms with Gasteiger partial charge >= 0.3 is 0 Å². The first-order valence-electron chi connectivity index (χ1n) is 11.8. The molecule has 33 heavy (non-hydrogen) atoms. The number of rotatable bonds is 11. The molecule has 0 aliphatic carbocycles. The second-order valence-electron chi connectivity index (χ2n) is 10.6. The second kappa shape index (κ2) is 10.9. The van der Waals surface area contributed by atoms with Crippen LogP contribution >= 0.6 is 0 Å². The molecule has 0 heterocycles. The molecule has 0 radical (unpaired) electrons. The molecule has 1 rings (SSSR count). The third-order valence-corrected chi connectivity index (χ3v) is 6.68. The van der Waals surface area contributed by atoms with Gasteiger partial charge in [0.15, 0.2) is 0 Å². The Labute approximate surface area is 204 Å². The first-order valence-corrected chi connectivity index (χ1v) is 11.8. The van der Waals surface area contributed by atoms with Gasteiger partial charge in [-0.1, -0.05) is 77.6 Å². The van der Waals surface area contributed by atoms with E-state index in [0.717, 1.165) is 17.0 Å². The minimum atomic E-state index is -0.638. The molecule has 2 heteroatoms. The summed E-state index contributed by atoms with van der Waals surface area (Å²) in [5.74, 6) is 0.289. The van der Waals surface area contributed by atoms with E-state index in [9.17, 15) is 0 Å². The average Bonchev–Trinajstić information content (AvgIpc) is 2.75.